The van der Waals surface area contributed by atoms with Crippen molar-refractivity contribution in [2.75, 3.05) is 0 Å². The molecule has 7 nitrogen and oxygen atoms in total. The van der Waals surface area contributed by atoms with E-state index in [1.165, 1.54) is 6.92 Å². The minimum Gasteiger partial charge on any atom is -0.479 e. The number of hydrogen-bond acceptors (Lipinski definition) is 5. The molecular weight excluding hydrogens is 468 g/mol. The molecular formula is C30H36N2O5. The van der Waals surface area contributed by atoms with E-state index >= 15 is 0 Å². The molecule has 0 saturated heterocycles. The minimum atomic E-state index is -0.935. The second-order valence-electron chi connectivity index (χ2n) is 8.06. The molecule has 0 spiro atoms. The third kappa shape index (κ3) is 15.4. The number of azo groups is 1. The van der Waals surface area contributed by atoms with Crippen LogP contribution in [0.3, 0.4) is 0 Å². The first-order valence-electron chi connectivity index (χ1n) is 12.2. The molecule has 0 fully saturated rings. The molecule has 0 heterocycles. The van der Waals surface area contributed by atoms with Crippen LogP contribution in [0.2, 0.25) is 0 Å². The van der Waals surface area contributed by atoms with Crippen molar-refractivity contribution in [1.29, 1.82) is 0 Å². The summed E-state index contributed by atoms with van der Waals surface area (Å²) < 4.78 is 5.46. The van der Waals surface area contributed by atoms with Crippen molar-refractivity contribution in [3.63, 3.8) is 0 Å². The molecule has 196 valence electrons. The van der Waals surface area contributed by atoms with Crippen LogP contribution in [0.4, 0.5) is 11.4 Å². The average Bonchev–Trinajstić information content (AvgIpc) is 2.91. The highest BCUT2D eigenvalue weighted by Crippen LogP contribution is 2.17. The van der Waals surface area contributed by atoms with Gasteiger partial charge < -0.3 is 14.9 Å². The Labute approximate surface area is 219 Å². The summed E-state index contributed by atoms with van der Waals surface area (Å²) in [7, 11) is 0. The van der Waals surface area contributed by atoms with Gasteiger partial charge in [-0.25, -0.2) is 9.59 Å². The first-order chi connectivity index (χ1) is 17.8. The Kier molecular flexibility index (Phi) is 15.8. The van der Waals surface area contributed by atoms with Gasteiger partial charge in [-0.1, -0.05) is 87.4 Å². The van der Waals surface area contributed by atoms with E-state index in [1.54, 1.807) is 12.1 Å². The van der Waals surface area contributed by atoms with Crippen molar-refractivity contribution in [1.82, 2.24) is 0 Å². The van der Waals surface area contributed by atoms with E-state index < -0.39 is 18.0 Å². The second kappa shape index (κ2) is 19.0. The molecule has 0 aliphatic rings. The van der Waals surface area contributed by atoms with Gasteiger partial charge in [0.05, 0.1) is 11.4 Å². The van der Waals surface area contributed by atoms with E-state index in [-0.39, 0.29) is 5.57 Å². The number of rotatable bonds is 11. The van der Waals surface area contributed by atoms with E-state index in [4.69, 9.17) is 14.9 Å². The largest absolute Gasteiger partial charge is 0.479 e. The highest BCUT2D eigenvalue weighted by Gasteiger charge is 2.18. The van der Waals surface area contributed by atoms with E-state index in [1.807, 2.05) is 78.9 Å². The van der Waals surface area contributed by atoms with Crippen LogP contribution in [0.25, 0.3) is 0 Å². The number of unbranched alkanes of at least 4 members (excludes halogenated alkanes) is 3. The zero-order valence-electron chi connectivity index (χ0n) is 21.5. The number of hydrogen-bond donors (Lipinski definition) is 2. The summed E-state index contributed by atoms with van der Waals surface area (Å²) in [6.07, 6.45) is 4.11. The van der Waals surface area contributed by atoms with Gasteiger partial charge in [0.25, 0.3) is 0 Å². The lowest BCUT2D eigenvalue weighted by Crippen LogP contribution is -2.26. The van der Waals surface area contributed by atoms with Crippen LogP contribution < -0.4 is 4.74 Å². The molecule has 0 radical (unpaired) electrons. The summed E-state index contributed by atoms with van der Waals surface area (Å²) >= 11 is 0. The lowest BCUT2D eigenvalue weighted by molar-refractivity contribution is -0.145. The van der Waals surface area contributed by atoms with Gasteiger partial charge in [-0.3, -0.25) is 0 Å². The van der Waals surface area contributed by atoms with Crippen molar-refractivity contribution >= 4 is 23.3 Å². The topological polar surface area (TPSA) is 109 Å². The normalized spacial score (nSPS) is 10.8. The highest BCUT2D eigenvalue weighted by atomic mass is 16.5. The van der Waals surface area contributed by atoms with Gasteiger partial charge in [0, 0.05) is 5.57 Å². The molecule has 7 heteroatoms. The summed E-state index contributed by atoms with van der Waals surface area (Å²) in [6.45, 7) is 6.74. The fraction of sp³-hybridized carbons (Fsp3) is 0.267. The lowest BCUT2D eigenvalue weighted by atomic mass is 10.1. The highest BCUT2D eigenvalue weighted by molar-refractivity contribution is 5.84. The number of benzene rings is 3. The summed E-state index contributed by atoms with van der Waals surface area (Å²) in [5.41, 5.74) is 1.92. The predicted molar refractivity (Wildman–Crippen MR) is 147 cm³/mol. The Balaban J connectivity index is 0.000000308. The number of aliphatic carboxylic acids is 2. The van der Waals surface area contributed by atoms with Crippen LogP contribution >= 0.6 is 0 Å². The van der Waals surface area contributed by atoms with E-state index in [9.17, 15) is 9.59 Å². The zero-order valence-corrected chi connectivity index (χ0v) is 21.5. The Hall–Kier alpha value is -4.26. The van der Waals surface area contributed by atoms with Crippen LogP contribution in [-0.4, -0.2) is 28.3 Å². The molecule has 3 aromatic rings. The molecule has 1 unspecified atom stereocenters. The monoisotopic (exact) mass is 504 g/mol. The van der Waals surface area contributed by atoms with Crippen molar-refractivity contribution in [3.8, 4) is 5.75 Å². The Bertz CT molecular complexity index is 1020. The van der Waals surface area contributed by atoms with E-state index in [2.05, 4.69) is 23.7 Å². The zero-order chi connectivity index (χ0) is 27.3. The van der Waals surface area contributed by atoms with E-state index in [0.29, 0.717) is 12.2 Å². The molecule has 0 aliphatic heterocycles. The standard InChI is InChI=1S/C14H20O3.C12H10N2.C4H6O2/c1-2-3-4-8-11-13(14(15)16)17-12-9-6-5-7-10-12;1-3-7-11(8-4-1)13-14-12-9-5-2-6-10-12;1-3(2)4(5)6/h5-7,9-10,13H,2-4,8,11H2,1H3,(H,15,16);1-10H;1H2,2H3,(H,5,6). The Morgan fingerprint density at radius 3 is 1.59 bits per heavy atom. The van der Waals surface area contributed by atoms with E-state index in [0.717, 1.165) is 37.1 Å². The van der Waals surface area contributed by atoms with Crippen LogP contribution in [0, 0.1) is 0 Å². The van der Waals surface area contributed by atoms with Crippen molar-refractivity contribution in [2.24, 2.45) is 10.2 Å². The van der Waals surface area contributed by atoms with Gasteiger partial charge in [0.15, 0.2) is 6.10 Å². The van der Waals surface area contributed by atoms with Gasteiger partial charge in [-0.2, -0.15) is 10.2 Å². The van der Waals surface area contributed by atoms with Gasteiger partial charge in [-0.15, -0.1) is 0 Å². The number of ether oxygens (including phenoxy) is 1. The molecule has 1 atom stereocenters. The van der Waals surface area contributed by atoms with Gasteiger partial charge >= 0.3 is 11.9 Å². The number of carboxylic acids is 2. The quantitative estimate of drug-likeness (QED) is 0.155. The SMILES string of the molecule is C=C(C)C(=O)O.CCCCCCC(Oc1ccccc1)C(=O)O.c1ccc(N=Nc2ccccc2)cc1. The summed E-state index contributed by atoms with van der Waals surface area (Å²) in [4.78, 5) is 20.6. The fourth-order valence-corrected chi connectivity index (χ4v) is 2.76. The average molecular weight is 505 g/mol. The summed E-state index contributed by atoms with van der Waals surface area (Å²) in [6, 6.07) is 28.5. The fourth-order valence-electron chi connectivity index (χ4n) is 2.76. The van der Waals surface area contributed by atoms with Crippen molar-refractivity contribution in [3.05, 3.63) is 103 Å². The summed E-state index contributed by atoms with van der Waals surface area (Å²) in [5, 5.41) is 25.2. The van der Waals surface area contributed by atoms with Gasteiger partial charge in [-0.05, 0) is 56.2 Å². The van der Waals surface area contributed by atoms with Crippen LogP contribution in [0.15, 0.2) is 113 Å². The number of nitrogens with zero attached hydrogens (tertiary/aromatic N) is 2. The van der Waals surface area contributed by atoms with Gasteiger partial charge in [0.1, 0.15) is 5.75 Å². The van der Waals surface area contributed by atoms with Crippen LogP contribution in [0.5, 0.6) is 5.75 Å². The second-order valence-corrected chi connectivity index (χ2v) is 8.06. The number of carbonyl (C=O) groups is 2. The van der Waals surface area contributed by atoms with Crippen molar-refractivity contribution in [2.45, 2.75) is 52.1 Å². The lowest BCUT2D eigenvalue weighted by Gasteiger charge is -2.14. The van der Waals surface area contributed by atoms with Crippen LogP contribution in [0.1, 0.15) is 46.0 Å². The molecule has 3 rings (SSSR count). The maximum Gasteiger partial charge on any atom is 0.344 e. The third-order valence-corrected chi connectivity index (χ3v) is 4.78. The molecule has 0 saturated carbocycles. The number of carboxylic acid groups (broad SMARTS) is 2. The maximum atomic E-state index is 11.0. The van der Waals surface area contributed by atoms with Crippen molar-refractivity contribution < 1.29 is 24.5 Å². The molecule has 3 aromatic carbocycles. The summed E-state index contributed by atoms with van der Waals surface area (Å²) in [5.74, 6) is -1.20. The van der Waals surface area contributed by atoms with Gasteiger partial charge in [0.2, 0.25) is 0 Å². The Morgan fingerprint density at radius 1 is 0.784 bits per heavy atom. The molecule has 0 bridgehead atoms. The third-order valence-electron chi connectivity index (χ3n) is 4.78. The Morgan fingerprint density at radius 2 is 1.22 bits per heavy atom. The molecule has 0 amide bonds. The molecule has 37 heavy (non-hydrogen) atoms. The maximum absolute atomic E-state index is 11.0. The molecule has 0 aliphatic carbocycles. The molecule has 0 aromatic heterocycles. The number of para-hydroxylation sites is 1. The minimum absolute atomic E-state index is 0.176. The first kappa shape index (κ1) is 30.8. The van der Waals surface area contributed by atoms with Crippen LogP contribution in [-0.2, 0) is 9.59 Å². The predicted octanol–water partition coefficient (Wildman–Crippen LogP) is 8.24. The smallest absolute Gasteiger partial charge is 0.344 e. The molecule has 2 N–H and O–H groups in total. The first-order valence-corrected chi connectivity index (χ1v) is 12.2.